The third kappa shape index (κ3) is 4.09. The monoisotopic (exact) mass is 471 g/mol. The summed E-state index contributed by atoms with van der Waals surface area (Å²) in [5.74, 6) is 2.58. The number of hydrogen-bond donors (Lipinski definition) is 0. The molecule has 8 nitrogen and oxygen atoms in total. The van der Waals surface area contributed by atoms with Crippen LogP contribution in [0.2, 0.25) is 0 Å². The second-order valence-electron chi connectivity index (χ2n) is 8.78. The van der Waals surface area contributed by atoms with Gasteiger partial charge in [0.25, 0.3) is 0 Å². The normalized spacial score (nSPS) is 19.8. The van der Waals surface area contributed by atoms with Gasteiger partial charge in [-0.3, -0.25) is 0 Å². The number of aromatic nitrogens is 5. The highest BCUT2D eigenvalue weighted by Gasteiger charge is 2.29. The van der Waals surface area contributed by atoms with Crippen LogP contribution in [0.4, 0.5) is 0 Å². The van der Waals surface area contributed by atoms with Gasteiger partial charge in [-0.1, -0.05) is 42.5 Å². The molecule has 168 valence electrons. The van der Waals surface area contributed by atoms with Crippen molar-refractivity contribution in [3.8, 4) is 11.3 Å². The Morgan fingerprint density at radius 2 is 1.75 bits per heavy atom. The molecule has 0 N–H and O–H groups in total. The lowest BCUT2D eigenvalue weighted by atomic mass is 9.82. The van der Waals surface area contributed by atoms with Gasteiger partial charge in [0.15, 0.2) is 15.7 Å². The Labute approximate surface area is 190 Å². The molecule has 0 unspecified atom stereocenters. The molecule has 5 rings (SSSR count). The maximum absolute atomic E-state index is 11.7. The topological polar surface area (TPSA) is 103 Å². The lowest BCUT2D eigenvalue weighted by Gasteiger charge is -2.24. The summed E-state index contributed by atoms with van der Waals surface area (Å²) in [5.41, 5.74) is 1.66. The fourth-order valence-corrected chi connectivity index (χ4v) is 5.81. The molecule has 3 heterocycles. The first kappa shape index (κ1) is 21.3. The zero-order valence-electron chi connectivity index (χ0n) is 18.2. The smallest absolute Gasteiger partial charge is 0.229 e. The van der Waals surface area contributed by atoms with Crippen molar-refractivity contribution in [1.29, 1.82) is 0 Å². The predicted molar refractivity (Wildman–Crippen MR) is 122 cm³/mol. The van der Waals surface area contributed by atoms with Crippen LogP contribution in [0.25, 0.3) is 16.2 Å². The molecule has 3 aromatic heterocycles. The number of nitrogens with zero attached hydrogens (tertiary/aromatic N) is 5. The van der Waals surface area contributed by atoms with E-state index in [0.29, 0.717) is 16.7 Å². The van der Waals surface area contributed by atoms with Crippen molar-refractivity contribution in [2.75, 3.05) is 6.26 Å². The number of fused-ring (bicyclic) bond motifs is 1. The number of rotatable bonds is 5. The van der Waals surface area contributed by atoms with Crippen LogP contribution in [-0.4, -0.2) is 39.4 Å². The van der Waals surface area contributed by atoms with Crippen molar-refractivity contribution in [3.63, 3.8) is 0 Å². The van der Waals surface area contributed by atoms with Gasteiger partial charge in [-0.05, 0) is 37.8 Å². The summed E-state index contributed by atoms with van der Waals surface area (Å²) in [5, 5.41) is 10.0. The van der Waals surface area contributed by atoms with Crippen LogP contribution in [0, 0.1) is 0 Å². The van der Waals surface area contributed by atoms with Gasteiger partial charge in [-0.15, -0.1) is 0 Å². The Morgan fingerprint density at radius 3 is 2.34 bits per heavy atom. The van der Waals surface area contributed by atoms with E-state index in [1.807, 2.05) is 10.7 Å². The number of sulfone groups is 1. The molecule has 0 bridgehead atoms. The highest BCUT2D eigenvalue weighted by atomic mass is 32.2. The average Bonchev–Trinajstić information content (AvgIpc) is 3.48. The van der Waals surface area contributed by atoms with E-state index in [2.05, 4.69) is 24.0 Å². The van der Waals surface area contributed by atoms with Crippen molar-refractivity contribution in [1.82, 2.24) is 24.7 Å². The molecule has 1 aliphatic carbocycles. The fourth-order valence-electron chi connectivity index (χ4n) is 4.13. The van der Waals surface area contributed by atoms with Gasteiger partial charge in [0, 0.05) is 29.6 Å². The predicted octanol–water partition coefficient (Wildman–Crippen LogP) is 4.81. The molecular weight excluding hydrogens is 446 g/mol. The lowest BCUT2D eigenvalue weighted by molar-refractivity contribution is 0.298. The van der Waals surface area contributed by atoms with Crippen molar-refractivity contribution < 1.29 is 12.9 Å². The summed E-state index contributed by atoms with van der Waals surface area (Å²) in [6.45, 7) is 4.14. The molecule has 32 heavy (non-hydrogen) atoms. The molecule has 4 aromatic rings. The van der Waals surface area contributed by atoms with Crippen LogP contribution in [0.15, 0.2) is 39.9 Å². The van der Waals surface area contributed by atoms with Gasteiger partial charge >= 0.3 is 0 Å². The Hall–Kier alpha value is -2.59. The van der Waals surface area contributed by atoms with Crippen molar-refractivity contribution >= 4 is 26.1 Å². The maximum atomic E-state index is 11.7. The maximum Gasteiger partial charge on any atom is 0.229 e. The number of hydrogen-bond acceptors (Lipinski definition) is 8. The molecule has 1 aliphatic rings. The van der Waals surface area contributed by atoms with Gasteiger partial charge in [0.05, 0.1) is 16.8 Å². The minimum atomic E-state index is -3.21. The Morgan fingerprint density at radius 1 is 1.06 bits per heavy atom. The molecule has 10 heteroatoms. The number of benzene rings is 1. The molecule has 0 amide bonds. The molecule has 0 saturated heterocycles. The van der Waals surface area contributed by atoms with Crippen LogP contribution in [0.5, 0.6) is 0 Å². The van der Waals surface area contributed by atoms with Crippen LogP contribution >= 0.6 is 11.3 Å². The average molecular weight is 472 g/mol. The van der Waals surface area contributed by atoms with Gasteiger partial charge in [0.1, 0.15) is 5.01 Å². The van der Waals surface area contributed by atoms with Crippen LogP contribution in [-0.2, 0) is 9.84 Å². The third-order valence-corrected chi connectivity index (χ3v) is 8.25. The quantitative estimate of drug-likeness (QED) is 0.411. The molecule has 1 saturated carbocycles. The van der Waals surface area contributed by atoms with Crippen molar-refractivity contribution in [2.45, 2.75) is 62.2 Å². The van der Waals surface area contributed by atoms with Gasteiger partial charge in [-0.25, -0.2) is 17.9 Å². The molecular formula is C22H25N5O3S2. The highest BCUT2D eigenvalue weighted by Crippen LogP contribution is 2.41. The fraction of sp³-hybridized carbons (Fsp3) is 0.455. The third-order valence-electron chi connectivity index (χ3n) is 6.04. The second kappa shape index (κ2) is 8.08. The standard InChI is InChI=1S/C22H25N5O3S2/c1-13(2)19-24-20(30-26-19)15-4-6-16(7-5-15)21-25-27-12-18(23-22(27)31-21)14-8-10-17(11-9-14)32(3,28)29/h8-13,15-16H,4-7H2,1-3H3. The van der Waals surface area contributed by atoms with E-state index in [-0.39, 0.29) is 5.92 Å². The lowest BCUT2D eigenvalue weighted by Crippen LogP contribution is -2.12. The largest absolute Gasteiger partial charge is 0.339 e. The molecule has 1 fully saturated rings. The van der Waals surface area contributed by atoms with E-state index in [1.165, 1.54) is 6.26 Å². The first-order valence-corrected chi connectivity index (χ1v) is 13.5. The summed E-state index contributed by atoms with van der Waals surface area (Å²) >= 11 is 1.63. The van der Waals surface area contributed by atoms with Gasteiger partial charge in [0.2, 0.25) is 10.9 Å². The van der Waals surface area contributed by atoms with Gasteiger partial charge < -0.3 is 4.52 Å². The van der Waals surface area contributed by atoms with Gasteiger partial charge in [-0.2, -0.15) is 10.1 Å². The van der Waals surface area contributed by atoms with E-state index < -0.39 is 9.84 Å². The highest BCUT2D eigenvalue weighted by molar-refractivity contribution is 7.90. The SMILES string of the molecule is CC(C)c1noc(C2CCC(c3nn4cc(-c5ccc(S(C)(=O)=O)cc5)nc4s3)CC2)n1. The zero-order valence-corrected chi connectivity index (χ0v) is 19.9. The summed E-state index contributed by atoms with van der Waals surface area (Å²) < 4.78 is 30.6. The van der Waals surface area contributed by atoms with Crippen molar-refractivity contribution in [3.05, 3.63) is 47.2 Å². The zero-order chi connectivity index (χ0) is 22.5. The van der Waals surface area contributed by atoms with E-state index in [4.69, 9.17) is 14.6 Å². The van der Waals surface area contributed by atoms with E-state index in [1.54, 1.807) is 35.6 Å². The summed E-state index contributed by atoms with van der Waals surface area (Å²) in [7, 11) is -3.21. The molecule has 1 aromatic carbocycles. The second-order valence-corrected chi connectivity index (χ2v) is 11.8. The molecule has 0 atom stereocenters. The molecule has 0 radical (unpaired) electrons. The van der Waals surface area contributed by atoms with E-state index in [9.17, 15) is 8.42 Å². The summed E-state index contributed by atoms with van der Waals surface area (Å²) in [6, 6.07) is 6.80. The van der Waals surface area contributed by atoms with E-state index in [0.717, 1.165) is 58.6 Å². The molecule has 0 aliphatic heterocycles. The Balaban J connectivity index is 1.28. The Bertz CT molecular complexity index is 1310. The minimum Gasteiger partial charge on any atom is -0.339 e. The van der Waals surface area contributed by atoms with Crippen LogP contribution < -0.4 is 0 Å². The minimum absolute atomic E-state index is 0.276. The first-order chi connectivity index (χ1) is 15.3. The Kier molecular flexibility index (Phi) is 5.37. The van der Waals surface area contributed by atoms with Crippen LogP contribution in [0.1, 0.15) is 74.0 Å². The number of imidazole rings is 1. The summed E-state index contributed by atoms with van der Waals surface area (Å²) in [6.07, 6.45) is 7.23. The van der Waals surface area contributed by atoms with Crippen LogP contribution in [0.3, 0.4) is 0 Å². The summed E-state index contributed by atoms with van der Waals surface area (Å²) in [4.78, 5) is 10.4. The van der Waals surface area contributed by atoms with E-state index >= 15 is 0 Å². The van der Waals surface area contributed by atoms with Crippen molar-refractivity contribution in [2.24, 2.45) is 0 Å². The first-order valence-electron chi connectivity index (χ1n) is 10.8. The molecule has 0 spiro atoms.